The number of esters is 1. The van der Waals surface area contributed by atoms with Crippen molar-refractivity contribution in [1.82, 2.24) is 0 Å². The van der Waals surface area contributed by atoms with Gasteiger partial charge in [-0.3, -0.25) is 0 Å². The average Bonchev–Trinajstić information content (AvgIpc) is 2.33. The highest BCUT2D eigenvalue weighted by molar-refractivity contribution is 6.36. The summed E-state index contributed by atoms with van der Waals surface area (Å²) in [6.45, 7) is 11.0. The predicted molar refractivity (Wildman–Crippen MR) is 75.4 cm³/mol. The smallest absolute Gasteiger partial charge is 0.333 e. The Morgan fingerprint density at radius 1 is 1.22 bits per heavy atom. The van der Waals surface area contributed by atoms with Crippen LogP contribution in [0.3, 0.4) is 0 Å². The second-order valence-corrected chi connectivity index (χ2v) is 6.06. The molecule has 0 saturated carbocycles. The van der Waals surface area contributed by atoms with Crippen LogP contribution in [0, 0.1) is 0 Å². The molecule has 0 aliphatic rings. The van der Waals surface area contributed by atoms with E-state index >= 15 is 0 Å². The molecule has 0 unspecified atom stereocenters. The average molecular weight is 274 g/mol. The molecule has 0 radical (unpaired) electrons. The molecule has 0 N–H and O–H groups in total. The molecule has 0 atom stereocenters. The van der Waals surface area contributed by atoms with E-state index in [9.17, 15) is 4.79 Å². The first kappa shape index (κ1) is 17.3. The first-order valence-electron chi connectivity index (χ1n) is 6.67. The molecule has 4 nitrogen and oxygen atoms in total. The van der Waals surface area contributed by atoms with E-state index in [-0.39, 0.29) is 21.4 Å². The van der Waals surface area contributed by atoms with E-state index in [1.807, 2.05) is 13.8 Å². The van der Waals surface area contributed by atoms with Crippen LogP contribution in [-0.4, -0.2) is 41.2 Å². The Balaban J connectivity index is 3.48. The standard InChI is InChI=1S/C13H26O4Si/c1-5-15-13(16-6-2)18-10-8-7-9-17-12(14)11(3)4/h13H,3,5-10,18H2,1-2,4H3. The number of unbranched alkanes of at least 4 members (excludes halogenated alkanes) is 1. The zero-order valence-electron chi connectivity index (χ0n) is 11.9. The van der Waals surface area contributed by atoms with Gasteiger partial charge in [0.25, 0.3) is 0 Å². The summed E-state index contributed by atoms with van der Waals surface area (Å²) in [5.41, 5.74) is 0.456. The molecule has 0 saturated heterocycles. The Bertz CT molecular complexity index is 237. The third-order valence-corrected chi connectivity index (χ3v) is 4.22. The SMILES string of the molecule is C=C(C)C(=O)OCCCC[SiH2]C(OCC)OCC. The maximum Gasteiger partial charge on any atom is 0.333 e. The number of carbonyl (C=O) groups excluding carboxylic acids is 1. The Labute approximate surface area is 113 Å². The van der Waals surface area contributed by atoms with Gasteiger partial charge in [0.1, 0.15) is 5.91 Å². The van der Waals surface area contributed by atoms with Crippen LogP contribution in [-0.2, 0) is 19.0 Å². The molecule has 0 spiro atoms. The van der Waals surface area contributed by atoms with Gasteiger partial charge in [0.2, 0.25) is 0 Å². The molecule has 0 rings (SSSR count). The van der Waals surface area contributed by atoms with Crippen LogP contribution in [0.1, 0.15) is 33.6 Å². The lowest BCUT2D eigenvalue weighted by molar-refractivity contribution is -0.139. The summed E-state index contributed by atoms with van der Waals surface area (Å²) in [6.07, 6.45) is 1.96. The number of carbonyl (C=O) groups is 1. The summed E-state index contributed by atoms with van der Waals surface area (Å²) in [4.78, 5) is 11.1. The largest absolute Gasteiger partial charge is 0.462 e. The Hall–Kier alpha value is -0.653. The zero-order valence-corrected chi connectivity index (χ0v) is 13.3. The number of hydrogen-bond donors (Lipinski definition) is 0. The second-order valence-electron chi connectivity index (χ2n) is 4.11. The minimum atomic E-state index is -0.362. The van der Waals surface area contributed by atoms with Gasteiger partial charge < -0.3 is 14.2 Å². The van der Waals surface area contributed by atoms with Gasteiger partial charge in [-0.15, -0.1) is 0 Å². The molecule has 0 aromatic rings. The predicted octanol–water partition coefficient (Wildman–Crippen LogP) is 1.83. The van der Waals surface area contributed by atoms with Crippen molar-refractivity contribution in [1.29, 1.82) is 0 Å². The fraction of sp³-hybridized carbons (Fsp3) is 0.769. The summed E-state index contributed by atoms with van der Waals surface area (Å²) in [5.74, 6) is -0.258. The lowest BCUT2D eigenvalue weighted by Gasteiger charge is -2.16. The van der Waals surface area contributed by atoms with Gasteiger partial charge in [-0.1, -0.05) is 19.0 Å². The van der Waals surface area contributed by atoms with Crippen molar-refractivity contribution in [3.05, 3.63) is 12.2 Å². The topological polar surface area (TPSA) is 44.8 Å². The molecule has 0 aliphatic heterocycles. The molecule has 0 amide bonds. The van der Waals surface area contributed by atoms with E-state index in [4.69, 9.17) is 14.2 Å². The van der Waals surface area contributed by atoms with Crippen LogP contribution in [0.5, 0.6) is 0 Å². The Morgan fingerprint density at radius 2 is 1.83 bits per heavy atom. The van der Waals surface area contributed by atoms with Crippen LogP contribution >= 0.6 is 0 Å². The van der Waals surface area contributed by atoms with E-state index in [0.717, 1.165) is 18.9 Å². The number of rotatable bonds is 11. The van der Waals surface area contributed by atoms with Gasteiger partial charge in [-0.05, 0) is 27.2 Å². The van der Waals surface area contributed by atoms with Crippen LogP contribution < -0.4 is 0 Å². The first-order valence-corrected chi connectivity index (χ1v) is 8.49. The Kier molecular flexibility index (Phi) is 11.0. The molecule has 0 aromatic carbocycles. The summed E-state index contributed by atoms with van der Waals surface area (Å²) >= 11 is 0. The molecular formula is C13H26O4Si. The molecule has 106 valence electrons. The van der Waals surface area contributed by atoms with Gasteiger partial charge in [0, 0.05) is 18.8 Å². The number of ether oxygens (including phenoxy) is 3. The van der Waals surface area contributed by atoms with E-state index < -0.39 is 0 Å². The van der Waals surface area contributed by atoms with Crippen LogP contribution in [0.25, 0.3) is 0 Å². The lowest BCUT2D eigenvalue weighted by atomic mass is 10.3. The highest BCUT2D eigenvalue weighted by Crippen LogP contribution is 2.03. The van der Waals surface area contributed by atoms with Crippen molar-refractivity contribution in [2.45, 2.75) is 45.6 Å². The Morgan fingerprint density at radius 3 is 2.33 bits per heavy atom. The third-order valence-electron chi connectivity index (χ3n) is 2.37. The van der Waals surface area contributed by atoms with Crippen LogP contribution in [0.4, 0.5) is 0 Å². The quantitative estimate of drug-likeness (QED) is 0.190. The van der Waals surface area contributed by atoms with E-state index in [1.165, 1.54) is 0 Å². The van der Waals surface area contributed by atoms with E-state index in [2.05, 4.69) is 6.58 Å². The molecule has 0 fully saturated rings. The van der Waals surface area contributed by atoms with Crippen molar-refractivity contribution in [3.8, 4) is 0 Å². The maximum absolute atomic E-state index is 11.1. The van der Waals surface area contributed by atoms with Crippen LogP contribution in [0.2, 0.25) is 6.04 Å². The maximum atomic E-state index is 11.1. The van der Waals surface area contributed by atoms with E-state index in [0.29, 0.717) is 25.4 Å². The van der Waals surface area contributed by atoms with E-state index in [1.54, 1.807) is 6.92 Å². The van der Waals surface area contributed by atoms with Crippen molar-refractivity contribution >= 4 is 15.5 Å². The van der Waals surface area contributed by atoms with Crippen molar-refractivity contribution in [2.75, 3.05) is 19.8 Å². The third kappa shape index (κ3) is 9.38. The monoisotopic (exact) mass is 274 g/mol. The minimum absolute atomic E-state index is 0.0398. The van der Waals surface area contributed by atoms with Gasteiger partial charge in [0.15, 0.2) is 0 Å². The van der Waals surface area contributed by atoms with Crippen molar-refractivity contribution < 1.29 is 19.0 Å². The number of hydrogen-bond acceptors (Lipinski definition) is 4. The normalized spacial score (nSPS) is 11.3. The van der Waals surface area contributed by atoms with Crippen LogP contribution in [0.15, 0.2) is 12.2 Å². The lowest BCUT2D eigenvalue weighted by Crippen LogP contribution is -2.24. The molecule has 0 bridgehead atoms. The van der Waals surface area contributed by atoms with Gasteiger partial charge >= 0.3 is 5.97 Å². The molecule has 0 heterocycles. The highest BCUT2D eigenvalue weighted by Gasteiger charge is 2.08. The zero-order chi connectivity index (χ0) is 13.8. The van der Waals surface area contributed by atoms with Gasteiger partial charge in [-0.25, -0.2) is 4.79 Å². The molecule has 0 aromatic heterocycles. The molecule has 5 heteroatoms. The first-order chi connectivity index (χ1) is 8.61. The van der Waals surface area contributed by atoms with Crippen molar-refractivity contribution in [3.63, 3.8) is 0 Å². The van der Waals surface area contributed by atoms with Gasteiger partial charge in [-0.2, -0.15) is 0 Å². The fourth-order valence-electron chi connectivity index (χ4n) is 1.46. The molecule has 0 aliphatic carbocycles. The fourth-order valence-corrected chi connectivity index (χ4v) is 3.24. The highest BCUT2D eigenvalue weighted by atomic mass is 28.2. The molecular weight excluding hydrogens is 248 g/mol. The molecule has 18 heavy (non-hydrogen) atoms. The summed E-state index contributed by atoms with van der Waals surface area (Å²) in [7, 11) is -0.362. The minimum Gasteiger partial charge on any atom is -0.462 e. The summed E-state index contributed by atoms with van der Waals surface area (Å²) in [5, 5.41) is 0. The second kappa shape index (κ2) is 11.4. The van der Waals surface area contributed by atoms with Gasteiger partial charge in [0.05, 0.1) is 16.1 Å². The summed E-state index contributed by atoms with van der Waals surface area (Å²) in [6, 6.07) is 1.15. The summed E-state index contributed by atoms with van der Waals surface area (Å²) < 4.78 is 16.0. The van der Waals surface area contributed by atoms with Crippen molar-refractivity contribution in [2.24, 2.45) is 0 Å².